The van der Waals surface area contributed by atoms with Crippen molar-refractivity contribution in [3.05, 3.63) is 82.8 Å². The molecule has 8 heteroatoms. The number of amides is 2. The molecule has 1 saturated heterocycles. The highest BCUT2D eigenvalue weighted by atomic mass is 35.5. The summed E-state index contributed by atoms with van der Waals surface area (Å²) < 4.78 is 0. The van der Waals surface area contributed by atoms with Crippen LogP contribution < -0.4 is 15.5 Å². The van der Waals surface area contributed by atoms with Gasteiger partial charge >= 0.3 is 0 Å². The van der Waals surface area contributed by atoms with Crippen molar-refractivity contribution >= 4 is 34.9 Å². The molecule has 0 aliphatic carbocycles. The van der Waals surface area contributed by atoms with Crippen molar-refractivity contribution in [1.29, 1.82) is 0 Å². The molecule has 0 bridgehead atoms. The number of rotatable bonds is 6. The largest absolute Gasteiger partial charge is 0.356 e. The van der Waals surface area contributed by atoms with Crippen molar-refractivity contribution in [3.8, 4) is 0 Å². The predicted molar refractivity (Wildman–Crippen MR) is 120 cm³/mol. The lowest BCUT2D eigenvalue weighted by Gasteiger charge is -2.19. The molecular formula is C23H22ClN5O2. The van der Waals surface area contributed by atoms with Crippen LogP contribution in [0.4, 0.5) is 11.5 Å². The molecule has 0 spiro atoms. The van der Waals surface area contributed by atoms with E-state index < -0.39 is 0 Å². The third kappa shape index (κ3) is 5.00. The quantitative estimate of drug-likeness (QED) is 0.613. The Labute approximate surface area is 185 Å². The third-order valence-electron chi connectivity index (χ3n) is 5.06. The van der Waals surface area contributed by atoms with Crippen molar-refractivity contribution in [3.63, 3.8) is 0 Å². The van der Waals surface area contributed by atoms with Gasteiger partial charge in [-0.25, -0.2) is 4.98 Å². The highest BCUT2D eigenvalue weighted by Gasteiger charge is 2.21. The van der Waals surface area contributed by atoms with Gasteiger partial charge in [0, 0.05) is 31.2 Å². The van der Waals surface area contributed by atoms with E-state index in [1.165, 1.54) is 0 Å². The number of aromatic nitrogens is 2. The Morgan fingerprint density at radius 1 is 0.935 bits per heavy atom. The fourth-order valence-corrected chi connectivity index (χ4v) is 3.77. The van der Waals surface area contributed by atoms with E-state index in [9.17, 15) is 9.59 Å². The van der Waals surface area contributed by atoms with Crippen LogP contribution in [0.25, 0.3) is 0 Å². The Hall–Kier alpha value is -3.45. The van der Waals surface area contributed by atoms with Crippen LogP contribution in [0.5, 0.6) is 0 Å². The van der Waals surface area contributed by atoms with Gasteiger partial charge in [0.15, 0.2) is 0 Å². The summed E-state index contributed by atoms with van der Waals surface area (Å²) >= 11 is 6.32. The molecule has 3 heterocycles. The summed E-state index contributed by atoms with van der Waals surface area (Å²) in [6.45, 7) is 2.09. The van der Waals surface area contributed by atoms with Gasteiger partial charge < -0.3 is 15.5 Å². The maximum atomic E-state index is 12.9. The monoisotopic (exact) mass is 435 g/mol. The van der Waals surface area contributed by atoms with E-state index in [0.29, 0.717) is 29.2 Å². The van der Waals surface area contributed by atoms with Crippen LogP contribution in [-0.4, -0.2) is 34.9 Å². The van der Waals surface area contributed by atoms with Gasteiger partial charge in [-0.2, -0.15) is 0 Å². The van der Waals surface area contributed by atoms with Crippen molar-refractivity contribution in [2.24, 2.45) is 0 Å². The second-order valence-corrected chi connectivity index (χ2v) is 7.63. The lowest BCUT2D eigenvalue weighted by atomic mass is 10.1. The average molecular weight is 436 g/mol. The van der Waals surface area contributed by atoms with Gasteiger partial charge in [0.2, 0.25) is 0 Å². The van der Waals surface area contributed by atoms with Gasteiger partial charge in [-0.15, -0.1) is 0 Å². The molecule has 1 aliphatic heterocycles. The molecule has 2 amide bonds. The first-order valence-electron chi connectivity index (χ1n) is 10.1. The van der Waals surface area contributed by atoms with Crippen LogP contribution in [-0.2, 0) is 6.54 Å². The van der Waals surface area contributed by atoms with Crippen LogP contribution in [0.15, 0.2) is 60.9 Å². The maximum absolute atomic E-state index is 12.9. The Kier molecular flexibility index (Phi) is 6.43. The fraction of sp³-hybridized carbons (Fsp3) is 0.217. The van der Waals surface area contributed by atoms with Gasteiger partial charge in [-0.05, 0) is 55.3 Å². The van der Waals surface area contributed by atoms with E-state index in [1.807, 2.05) is 18.2 Å². The van der Waals surface area contributed by atoms with E-state index >= 15 is 0 Å². The Balaban J connectivity index is 1.44. The van der Waals surface area contributed by atoms with E-state index in [2.05, 4.69) is 25.5 Å². The summed E-state index contributed by atoms with van der Waals surface area (Å²) in [5, 5.41) is 5.90. The molecule has 0 atom stereocenters. The lowest BCUT2D eigenvalue weighted by Crippen LogP contribution is -2.24. The lowest BCUT2D eigenvalue weighted by molar-refractivity contribution is 0.0950. The van der Waals surface area contributed by atoms with Crippen molar-refractivity contribution < 1.29 is 9.59 Å². The second-order valence-electron chi connectivity index (χ2n) is 7.22. The second kappa shape index (κ2) is 9.57. The number of nitrogens with one attached hydrogen (secondary N) is 2. The smallest absolute Gasteiger partial charge is 0.259 e. The third-order valence-corrected chi connectivity index (χ3v) is 5.38. The molecule has 0 radical (unpaired) electrons. The van der Waals surface area contributed by atoms with Crippen molar-refractivity contribution in [2.45, 2.75) is 19.4 Å². The molecule has 0 unspecified atom stereocenters. The molecule has 1 aromatic carbocycles. The number of halogens is 1. The SMILES string of the molecule is O=C(NCc1ccccn1)c1ccc(NC(=O)c2cccnc2N2CCCC2)cc1Cl. The Bertz CT molecular complexity index is 1080. The summed E-state index contributed by atoms with van der Waals surface area (Å²) in [7, 11) is 0. The molecule has 2 aromatic heterocycles. The molecule has 7 nitrogen and oxygen atoms in total. The minimum Gasteiger partial charge on any atom is -0.356 e. The van der Waals surface area contributed by atoms with E-state index in [1.54, 1.807) is 42.7 Å². The zero-order valence-electron chi connectivity index (χ0n) is 16.8. The number of carbonyl (C=O) groups excluding carboxylic acids is 2. The van der Waals surface area contributed by atoms with Crippen LogP contribution in [0.3, 0.4) is 0 Å². The minimum atomic E-state index is -0.308. The van der Waals surface area contributed by atoms with E-state index in [4.69, 9.17) is 11.6 Å². The van der Waals surface area contributed by atoms with Gasteiger partial charge in [-0.3, -0.25) is 14.6 Å². The molecule has 4 rings (SSSR count). The summed E-state index contributed by atoms with van der Waals surface area (Å²) in [5.74, 6) is 0.115. The van der Waals surface area contributed by atoms with E-state index in [-0.39, 0.29) is 16.8 Å². The molecular weight excluding hydrogens is 414 g/mol. The summed E-state index contributed by atoms with van der Waals surface area (Å²) in [5.41, 5.74) is 2.10. The Morgan fingerprint density at radius 3 is 2.48 bits per heavy atom. The molecule has 3 aromatic rings. The number of hydrogen-bond acceptors (Lipinski definition) is 5. The zero-order chi connectivity index (χ0) is 21.6. The highest BCUT2D eigenvalue weighted by Crippen LogP contribution is 2.25. The first kappa shape index (κ1) is 20.8. The summed E-state index contributed by atoms with van der Waals surface area (Å²) in [6, 6.07) is 13.8. The predicted octanol–water partition coefficient (Wildman–Crippen LogP) is 3.91. The van der Waals surface area contributed by atoms with E-state index in [0.717, 1.165) is 31.6 Å². The Morgan fingerprint density at radius 2 is 1.74 bits per heavy atom. The molecule has 31 heavy (non-hydrogen) atoms. The normalized spacial score (nSPS) is 13.1. The van der Waals surface area contributed by atoms with Crippen molar-refractivity contribution in [1.82, 2.24) is 15.3 Å². The minimum absolute atomic E-state index is 0.252. The van der Waals surface area contributed by atoms with Gasteiger partial charge in [-0.1, -0.05) is 17.7 Å². The van der Waals surface area contributed by atoms with Gasteiger partial charge in [0.25, 0.3) is 11.8 Å². The van der Waals surface area contributed by atoms with Crippen LogP contribution in [0, 0.1) is 0 Å². The molecule has 0 saturated carbocycles. The maximum Gasteiger partial charge on any atom is 0.259 e. The zero-order valence-corrected chi connectivity index (χ0v) is 17.6. The van der Waals surface area contributed by atoms with Crippen LogP contribution in [0.1, 0.15) is 39.3 Å². The van der Waals surface area contributed by atoms with Crippen LogP contribution >= 0.6 is 11.6 Å². The number of carbonyl (C=O) groups is 2. The molecule has 1 aliphatic rings. The van der Waals surface area contributed by atoms with Crippen LogP contribution in [0.2, 0.25) is 5.02 Å². The first-order chi connectivity index (χ1) is 15.1. The molecule has 1 fully saturated rings. The standard InChI is InChI=1S/C23H22ClN5O2/c24-20-14-16(8-9-18(20)22(30)27-15-17-6-1-2-10-25-17)28-23(31)19-7-5-11-26-21(19)29-12-3-4-13-29/h1-2,5-11,14H,3-4,12-13,15H2,(H,27,30)(H,28,31). The number of benzene rings is 1. The van der Waals surface area contributed by atoms with Gasteiger partial charge in [0.1, 0.15) is 5.82 Å². The number of hydrogen-bond donors (Lipinski definition) is 2. The average Bonchev–Trinajstić information content (AvgIpc) is 3.33. The number of pyridine rings is 2. The molecule has 2 N–H and O–H groups in total. The van der Waals surface area contributed by atoms with Gasteiger partial charge in [0.05, 0.1) is 28.4 Å². The van der Waals surface area contributed by atoms with Crippen molar-refractivity contribution in [2.75, 3.05) is 23.3 Å². The topological polar surface area (TPSA) is 87.2 Å². The molecule has 158 valence electrons. The fourth-order valence-electron chi connectivity index (χ4n) is 3.50. The number of nitrogens with zero attached hydrogens (tertiary/aromatic N) is 3. The summed E-state index contributed by atoms with van der Waals surface area (Å²) in [6.07, 6.45) is 5.55. The summed E-state index contributed by atoms with van der Waals surface area (Å²) in [4.78, 5) is 36.0. The first-order valence-corrected chi connectivity index (χ1v) is 10.5. The highest BCUT2D eigenvalue weighted by molar-refractivity contribution is 6.34. The number of anilines is 2.